The van der Waals surface area contributed by atoms with Crippen molar-refractivity contribution >= 4 is 11.4 Å². The molecule has 0 bridgehead atoms. The molecule has 1 aromatic carbocycles. The van der Waals surface area contributed by atoms with E-state index in [2.05, 4.69) is 27.8 Å². The van der Waals surface area contributed by atoms with E-state index in [1.54, 1.807) is 19.2 Å². The van der Waals surface area contributed by atoms with Crippen LogP contribution in [0, 0.1) is 24.6 Å². The molecule has 5 heteroatoms. The number of morpholine rings is 1. The van der Waals surface area contributed by atoms with Gasteiger partial charge < -0.3 is 15.4 Å². The van der Waals surface area contributed by atoms with Crippen molar-refractivity contribution < 1.29 is 9.13 Å². The van der Waals surface area contributed by atoms with Crippen LogP contribution in [-0.4, -0.2) is 31.3 Å². The number of hydrogen-bond acceptors (Lipinski definition) is 4. The normalized spacial score (nSPS) is 14.2. The third-order valence-corrected chi connectivity index (χ3v) is 4.12. The number of aryl methyl sites for hydroxylation is 1. The number of nitrogens with two attached hydrogens (primary N) is 1. The van der Waals surface area contributed by atoms with Crippen molar-refractivity contribution in [3.8, 4) is 23.0 Å². The maximum Gasteiger partial charge on any atom is 0.146 e. The van der Waals surface area contributed by atoms with Crippen LogP contribution < -0.4 is 10.6 Å². The molecule has 0 radical (unpaired) electrons. The lowest BCUT2D eigenvalue weighted by Gasteiger charge is -2.29. The van der Waals surface area contributed by atoms with Gasteiger partial charge >= 0.3 is 0 Å². The van der Waals surface area contributed by atoms with Crippen LogP contribution in [0.15, 0.2) is 24.4 Å². The monoisotopic (exact) mass is 325 g/mol. The maximum absolute atomic E-state index is 13.6. The average Bonchev–Trinajstić information content (AvgIpc) is 2.60. The first kappa shape index (κ1) is 16.3. The van der Waals surface area contributed by atoms with Gasteiger partial charge in [-0.3, -0.25) is 0 Å². The lowest BCUT2D eigenvalue weighted by atomic mass is 10.00. The Balaban J connectivity index is 2.09. The molecule has 2 aromatic rings. The van der Waals surface area contributed by atoms with Crippen LogP contribution >= 0.6 is 0 Å². The molecule has 1 saturated heterocycles. The lowest BCUT2D eigenvalue weighted by Crippen LogP contribution is -2.36. The van der Waals surface area contributed by atoms with Gasteiger partial charge in [0, 0.05) is 24.8 Å². The average molecular weight is 325 g/mol. The standard InChI is InChI=1S/C19H20FN3O/c1-3-4-18-19(23-5-7-24-8-6-23)10-14(12-22-18)15-11-17(21)16(20)9-13(15)2/h9-12H,5-8,21H2,1-2H3. The van der Waals surface area contributed by atoms with Crippen LogP contribution in [0.4, 0.5) is 15.8 Å². The molecule has 1 fully saturated rings. The van der Waals surface area contributed by atoms with E-state index in [1.165, 1.54) is 6.07 Å². The van der Waals surface area contributed by atoms with Crippen molar-refractivity contribution in [3.05, 3.63) is 41.5 Å². The molecule has 124 valence electrons. The van der Waals surface area contributed by atoms with Gasteiger partial charge in [-0.25, -0.2) is 9.37 Å². The molecule has 0 saturated carbocycles. The summed E-state index contributed by atoms with van der Waals surface area (Å²) >= 11 is 0. The highest BCUT2D eigenvalue weighted by Crippen LogP contribution is 2.31. The molecule has 0 amide bonds. The van der Waals surface area contributed by atoms with Crippen LogP contribution in [0.3, 0.4) is 0 Å². The topological polar surface area (TPSA) is 51.4 Å². The number of anilines is 2. The van der Waals surface area contributed by atoms with E-state index in [0.717, 1.165) is 41.2 Å². The summed E-state index contributed by atoms with van der Waals surface area (Å²) in [7, 11) is 0. The Morgan fingerprint density at radius 2 is 2.00 bits per heavy atom. The van der Waals surface area contributed by atoms with Gasteiger partial charge in [-0.05, 0) is 49.1 Å². The fraction of sp³-hybridized carbons (Fsp3) is 0.316. The maximum atomic E-state index is 13.6. The molecule has 0 atom stereocenters. The lowest BCUT2D eigenvalue weighted by molar-refractivity contribution is 0.122. The van der Waals surface area contributed by atoms with Crippen molar-refractivity contribution in [2.24, 2.45) is 0 Å². The first-order chi connectivity index (χ1) is 11.6. The van der Waals surface area contributed by atoms with Crippen LogP contribution in [-0.2, 0) is 4.74 Å². The molecule has 1 aliphatic heterocycles. The van der Waals surface area contributed by atoms with E-state index in [-0.39, 0.29) is 5.69 Å². The Labute approximate surface area is 141 Å². The second-order valence-electron chi connectivity index (χ2n) is 5.75. The van der Waals surface area contributed by atoms with Gasteiger partial charge in [0.05, 0.1) is 24.6 Å². The molecule has 1 aromatic heterocycles. The predicted octanol–water partition coefficient (Wildman–Crippen LogP) is 2.99. The summed E-state index contributed by atoms with van der Waals surface area (Å²) in [6, 6.07) is 5.17. The minimum absolute atomic E-state index is 0.140. The highest BCUT2D eigenvalue weighted by molar-refractivity contribution is 5.75. The van der Waals surface area contributed by atoms with Crippen LogP contribution in [0.2, 0.25) is 0 Å². The summed E-state index contributed by atoms with van der Waals surface area (Å²) in [5.74, 6) is 5.57. The first-order valence-electron chi connectivity index (χ1n) is 7.91. The Kier molecular flexibility index (Phi) is 4.68. The molecule has 24 heavy (non-hydrogen) atoms. The Morgan fingerprint density at radius 1 is 1.25 bits per heavy atom. The van der Waals surface area contributed by atoms with Gasteiger partial charge in [0.25, 0.3) is 0 Å². The molecule has 2 heterocycles. The Hall–Kier alpha value is -2.58. The number of hydrogen-bond donors (Lipinski definition) is 1. The van der Waals surface area contributed by atoms with Crippen molar-refractivity contribution in [1.82, 2.24) is 4.98 Å². The number of pyridine rings is 1. The zero-order valence-corrected chi connectivity index (χ0v) is 13.9. The molecule has 4 nitrogen and oxygen atoms in total. The van der Waals surface area contributed by atoms with Crippen LogP contribution in [0.5, 0.6) is 0 Å². The largest absolute Gasteiger partial charge is 0.396 e. The quantitative estimate of drug-likeness (QED) is 0.681. The van der Waals surface area contributed by atoms with Crippen molar-refractivity contribution in [2.45, 2.75) is 13.8 Å². The van der Waals surface area contributed by atoms with E-state index in [9.17, 15) is 4.39 Å². The third kappa shape index (κ3) is 3.19. The smallest absolute Gasteiger partial charge is 0.146 e. The molecule has 0 aliphatic carbocycles. The highest BCUT2D eigenvalue weighted by atomic mass is 19.1. The highest BCUT2D eigenvalue weighted by Gasteiger charge is 2.17. The summed E-state index contributed by atoms with van der Waals surface area (Å²) < 4.78 is 19.1. The summed E-state index contributed by atoms with van der Waals surface area (Å²) in [6.07, 6.45) is 1.77. The fourth-order valence-corrected chi connectivity index (χ4v) is 2.86. The van der Waals surface area contributed by atoms with E-state index >= 15 is 0 Å². The number of benzene rings is 1. The fourth-order valence-electron chi connectivity index (χ4n) is 2.86. The van der Waals surface area contributed by atoms with Gasteiger partial charge in [0.1, 0.15) is 11.5 Å². The minimum atomic E-state index is -0.397. The zero-order chi connectivity index (χ0) is 17.1. The molecule has 3 rings (SSSR count). The zero-order valence-electron chi connectivity index (χ0n) is 13.9. The van der Waals surface area contributed by atoms with Gasteiger partial charge in [-0.15, -0.1) is 0 Å². The van der Waals surface area contributed by atoms with Gasteiger partial charge in [-0.1, -0.05) is 5.92 Å². The second-order valence-corrected chi connectivity index (χ2v) is 5.75. The molecule has 0 unspecified atom stereocenters. The van der Waals surface area contributed by atoms with Crippen LogP contribution in [0.25, 0.3) is 11.1 Å². The molecular weight excluding hydrogens is 305 g/mol. The summed E-state index contributed by atoms with van der Waals surface area (Å²) in [5.41, 5.74) is 10.2. The predicted molar refractivity (Wildman–Crippen MR) is 94.4 cm³/mol. The number of aromatic nitrogens is 1. The minimum Gasteiger partial charge on any atom is -0.396 e. The van der Waals surface area contributed by atoms with Gasteiger partial charge in [0.15, 0.2) is 0 Å². The number of nitrogen functional groups attached to an aromatic ring is 1. The van der Waals surface area contributed by atoms with Crippen molar-refractivity contribution in [3.63, 3.8) is 0 Å². The molecule has 2 N–H and O–H groups in total. The van der Waals surface area contributed by atoms with E-state index in [4.69, 9.17) is 10.5 Å². The van der Waals surface area contributed by atoms with Gasteiger partial charge in [-0.2, -0.15) is 0 Å². The number of ether oxygens (including phenoxy) is 1. The van der Waals surface area contributed by atoms with Crippen molar-refractivity contribution in [2.75, 3.05) is 36.9 Å². The summed E-state index contributed by atoms with van der Waals surface area (Å²) in [6.45, 7) is 6.63. The number of nitrogens with zero attached hydrogens (tertiary/aromatic N) is 2. The van der Waals surface area contributed by atoms with E-state index in [1.807, 2.05) is 6.92 Å². The van der Waals surface area contributed by atoms with Crippen molar-refractivity contribution in [1.29, 1.82) is 0 Å². The first-order valence-corrected chi connectivity index (χ1v) is 7.91. The Bertz CT molecular complexity index is 817. The van der Waals surface area contributed by atoms with E-state index in [0.29, 0.717) is 13.2 Å². The van der Waals surface area contributed by atoms with Crippen LogP contribution in [0.1, 0.15) is 18.2 Å². The SMILES string of the molecule is CC#Cc1ncc(-c2cc(N)c(F)cc2C)cc1N1CCOCC1. The van der Waals surface area contributed by atoms with Gasteiger partial charge in [0.2, 0.25) is 0 Å². The Morgan fingerprint density at radius 3 is 2.71 bits per heavy atom. The molecular formula is C19H20FN3O. The summed E-state index contributed by atoms with van der Waals surface area (Å²) in [4.78, 5) is 6.75. The summed E-state index contributed by atoms with van der Waals surface area (Å²) in [5, 5.41) is 0. The number of halogens is 1. The molecule has 0 spiro atoms. The van der Waals surface area contributed by atoms with E-state index < -0.39 is 5.82 Å². The number of rotatable bonds is 2. The molecule has 1 aliphatic rings. The third-order valence-electron chi connectivity index (χ3n) is 4.12. The second kappa shape index (κ2) is 6.90.